The first-order chi connectivity index (χ1) is 12.2. The van der Waals surface area contributed by atoms with Gasteiger partial charge in [-0.25, -0.2) is 0 Å². The molecule has 0 N–H and O–H groups in total. The van der Waals surface area contributed by atoms with E-state index in [1.165, 1.54) is 41.1 Å². The van der Waals surface area contributed by atoms with Gasteiger partial charge in [-0.3, -0.25) is 0 Å². The average Bonchev–Trinajstić information content (AvgIpc) is 3.22. The zero-order valence-electron chi connectivity index (χ0n) is 14.1. The van der Waals surface area contributed by atoms with E-state index in [-0.39, 0.29) is 24.8 Å². The second-order valence-corrected chi connectivity index (χ2v) is 14.5. The molecule has 2 aliphatic carbocycles. The molecule has 1 unspecified atom stereocenters. The van der Waals surface area contributed by atoms with E-state index in [4.69, 9.17) is 8.86 Å². The van der Waals surface area contributed by atoms with Crippen molar-refractivity contribution < 1.29 is 44.5 Å². The summed E-state index contributed by atoms with van der Waals surface area (Å²) in [4.78, 5) is 4.33. The normalized spacial score (nSPS) is 14.9. The molecule has 27 heavy (non-hydrogen) atoms. The zero-order valence-corrected chi connectivity index (χ0v) is 20.5. The molecule has 6 heteroatoms. The molecule has 134 valence electrons. The van der Waals surface area contributed by atoms with Crippen LogP contribution in [0.15, 0.2) is 65.4 Å². The third-order valence-corrected chi connectivity index (χ3v) is 14.7. The van der Waals surface area contributed by atoms with E-state index < -0.39 is 19.7 Å². The number of benzene rings is 2. The third-order valence-electron chi connectivity index (χ3n) is 5.16. The molecule has 1 nitrogen and oxygen atoms in total. The van der Waals surface area contributed by atoms with Gasteiger partial charge in [-0.2, -0.15) is 0 Å². The van der Waals surface area contributed by atoms with Gasteiger partial charge in [0.2, 0.25) is 0 Å². The zero-order chi connectivity index (χ0) is 17.0. The van der Waals surface area contributed by atoms with E-state index in [2.05, 4.69) is 75.5 Å². The standard InChI is InChI=1S/C12H7BrN.C9H7.2ClH.S.Zr/c13-10-1-2-11-9(6-10)5-8-3-4-14-7-12(8)11;1-2-5-9-7-3-6-8(9)4-1;;;;/h1-4,7H,5H2;1-7H;2*1H;;/q;;;;;+2/p-2. The number of hydrogen-bond donors (Lipinski definition) is 0. The Balaban J connectivity index is 0.00000105. The van der Waals surface area contributed by atoms with Crippen molar-refractivity contribution in [2.24, 2.45) is 0 Å². The van der Waals surface area contributed by atoms with Crippen molar-refractivity contribution in [2.45, 2.75) is 10.0 Å². The molecule has 0 saturated heterocycles. The predicted molar refractivity (Wildman–Crippen MR) is 106 cm³/mol. The number of rotatable bonds is 2. The van der Waals surface area contributed by atoms with Crippen LogP contribution in [0.2, 0.25) is 0 Å². The van der Waals surface area contributed by atoms with Crippen LogP contribution in [0.5, 0.6) is 0 Å². The van der Waals surface area contributed by atoms with Crippen LogP contribution >= 0.6 is 24.8 Å². The van der Waals surface area contributed by atoms with Crippen molar-refractivity contribution in [3.8, 4) is 11.1 Å². The summed E-state index contributed by atoms with van der Waals surface area (Å²) in [7, 11) is 6.28. The molecule has 0 aliphatic heterocycles. The molecular formula is C21H14BrCl2NSZr. The molecule has 0 fully saturated rings. The number of hydrogen-bond acceptors (Lipinski definition) is 2. The van der Waals surface area contributed by atoms with E-state index in [0.717, 1.165) is 6.42 Å². The van der Waals surface area contributed by atoms with Gasteiger partial charge >= 0.3 is 168 Å². The van der Waals surface area contributed by atoms with E-state index in [1.807, 2.05) is 12.4 Å². The van der Waals surface area contributed by atoms with Crippen molar-refractivity contribution in [1.29, 1.82) is 0 Å². The summed E-state index contributed by atoms with van der Waals surface area (Å²) in [5.74, 6) is 0. The molecule has 1 aromatic heterocycles. The molecule has 2 aromatic carbocycles. The van der Waals surface area contributed by atoms with Gasteiger partial charge in [0.1, 0.15) is 0 Å². The van der Waals surface area contributed by atoms with Gasteiger partial charge in [-0.05, 0) is 0 Å². The van der Waals surface area contributed by atoms with Crippen LogP contribution in [0.3, 0.4) is 0 Å². The Kier molecular flexibility index (Phi) is 6.65. The van der Waals surface area contributed by atoms with Gasteiger partial charge in [-0.1, -0.05) is 0 Å². The minimum absolute atomic E-state index is 0. The van der Waals surface area contributed by atoms with Crippen LogP contribution in [0.25, 0.3) is 17.2 Å². The molecule has 0 amide bonds. The van der Waals surface area contributed by atoms with Gasteiger partial charge in [0.25, 0.3) is 0 Å². The van der Waals surface area contributed by atoms with Crippen LogP contribution in [-0.4, -0.2) is 4.98 Å². The monoisotopic (exact) mass is 551 g/mol. The van der Waals surface area contributed by atoms with E-state index in [1.54, 1.807) is 0 Å². The Bertz CT molecular complexity index is 1080. The number of halogens is 3. The molecule has 5 rings (SSSR count). The summed E-state index contributed by atoms with van der Waals surface area (Å²) < 4.78 is 3.10. The predicted octanol–water partition coefficient (Wildman–Crippen LogP) is -0.453. The van der Waals surface area contributed by atoms with Crippen molar-refractivity contribution in [1.82, 2.24) is 4.98 Å². The maximum atomic E-state index is 6.28. The molecule has 0 spiro atoms. The average molecular weight is 554 g/mol. The number of fused-ring (bicyclic) bond motifs is 4. The van der Waals surface area contributed by atoms with Crippen molar-refractivity contribution in [2.75, 3.05) is 0 Å². The minimum atomic E-state index is -2.32. The molecule has 0 bridgehead atoms. The van der Waals surface area contributed by atoms with E-state index in [9.17, 15) is 0 Å². The molecular weight excluding hydrogens is 540 g/mol. The van der Waals surface area contributed by atoms with Crippen LogP contribution in [0.4, 0.5) is 0 Å². The Labute approximate surface area is 190 Å². The second kappa shape index (κ2) is 8.47. The summed E-state index contributed by atoms with van der Waals surface area (Å²) in [6.07, 6.45) is 9.48. The molecule has 1 heterocycles. The molecule has 0 saturated carbocycles. The first-order valence-electron chi connectivity index (χ1n) is 8.30. The number of allylic oxidation sites excluding steroid dienone is 1. The summed E-state index contributed by atoms with van der Waals surface area (Å²) in [6.45, 7) is 0. The number of nitrogens with zero attached hydrogens (tertiary/aromatic N) is 1. The van der Waals surface area contributed by atoms with Gasteiger partial charge in [0.15, 0.2) is 0 Å². The SMILES string of the molecule is [Cl-].[Cl-].[S]=[Zr+2]([c]1c(Br)ccc2c1Cc1ccncc1-2)[CH]1C=Cc2ccccc21. The molecule has 0 radical (unpaired) electrons. The summed E-state index contributed by atoms with van der Waals surface area (Å²) in [5, 5.41) is 0. The fraction of sp³-hybridized carbons (Fsp3) is 0.0952. The topological polar surface area (TPSA) is 12.9 Å². The maximum absolute atomic E-state index is 6.28. The molecule has 3 aromatic rings. The van der Waals surface area contributed by atoms with Gasteiger partial charge < -0.3 is 24.8 Å². The summed E-state index contributed by atoms with van der Waals surface area (Å²) >= 11 is 1.51. The third kappa shape index (κ3) is 3.49. The van der Waals surface area contributed by atoms with Gasteiger partial charge in [0, 0.05) is 0 Å². The number of aromatic nitrogens is 1. The first-order valence-corrected chi connectivity index (χ1v) is 15.2. The van der Waals surface area contributed by atoms with Crippen molar-refractivity contribution in [3.63, 3.8) is 0 Å². The summed E-state index contributed by atoms with van der Waals surface area (Å²) in [5.41, 5.74) is 8.19. The summed E-state index contributed by atoms with van der Waals surface area (Å²) in [6, 6.07) is 15.2. The van der Waals surface area contributed by atoms with E-state index >= 15 is 0 Å². The fourth-order valence-electron chi connectivity index (χ4n) is 3.97. The van der Waals surface area contributed by atoms with Crippen LogP contribution in [-0.2, 0) is 26.1 Å². The van der Waals surface area contributed by atoms with Crippen LogP contribution in [0.1, 0.15) is 25.9 Å². The second-order valence-electron chi connectivity index (χ2n) is 6.49. The fourth-order valence-corrected chi connectivity index (χ4v) is 13.8. The van der Waals surface area contributed by atoms with E-state index in [0.29, 0.717) is 3.63 Å². The number of pyridine rings is 1. The van der Waals surface area contributed by atoms with Crippen LogP contribution in [0, 0.1) is 0 Å². The Hall–Kier alpha value is -0.507. The molecule has 2 aliphatic rings. The van der Waals surface area contributed by atoms with Crippen LogP contribution < -0.4 is 28.1 Å². The Morgan fingerprint density at radius 3 is 2.70 bits per heavy atom. The Morgan fingerprint density at radius 2 is 1.85 bits per heavy atom. The quantitative estimate of drug-likeness (QED) is 0.333. The molecule has 1 atom stereocenters. The van der Waals surface area contributed by atoms with Gasteiger partial charge in [0.05, 0.1) is 0 Å². The Morgan fingerprint density at radius 1 is 1.04 bits per heavy atom. The first kappa shape index (κ1) is 21.2. The van der Waals surface area contributed by atoms with Crippen molar-refractivity contribution in [3.05, 3.63) is 87.7 Å². The van der Waals surface area contributed by atoms with Gasteiger partial charge in [-0.15, -0.1) is 0 Å². The van der Waals surface area contributed by atoms with Crippen molar-refractivity contribution >= 4 is 34.1 Å².